The summed E-state index contributed by atoms with van der Waals surface area (Å²) >= 11 is 0. The summed E-state index contributed by atoms with van der Waals surface area (Å²) in [5.41, 5.74) is 6.26. The van der Waals surface area contributed by atoms with Gasteiger partial charge in [0.2, 0.25) is 5.91 Å². The van der Waals surface area contributed by atoms with E-state index in [1.165, 1.54) is 0 Å². The predicted octanol–water partition coefficient (Wildman–Crippen LogP) is 1.85. The summed E-state index contributed by atoms with van der Waals surface area (Å²) in [6.07, 6.45) is 3.18. The summed E-state index contributed by atoms with van der Waals surface area (Å²) in [6.45, 7) is 4.32. The first-order chi connectivity index (χ1) is 8.99. The third-order valence-corrected chi connectivity index (χ3v) is 3.73. The summed E-state index contributed by atoms with van der Waals surface area (Å²) < 4.78 is 0. The van der Waals surface area contributed by atoms with Crippen LogP contribution in [0.3, 0.4) is 0 Å². The number of aromatic nitrogens is 1. The first kappa shape index (κ1) is 15.4. The molecule has 0 aromatic carbocycles. The van der Waals surface area contributed by atoms with Crippen molar-refractivity contribution < 1.29 is 4.79 Å². The fourth-order valence-corrected chi connectivity index (χ4v) is 1.93. The van der Waals surface area contributed by atoms with Gasteiger partial charge < -0.3 is 16.0 Å². The zero-order valence-electron chi connectivity index (χ0n) is 12.2. The third kappa shape index (κ3) is 3.44. The van der Waals surface area contributed by atoms with Gasteiger partial charge in [-0.2, -0.15) is 0 Å². The van der Waals surface area contributed by atoms with E-state index in [1.54, 1.807) is 12.3 Å². The molecular weight excluding hydrogens is 240 g/mol. The second kappa shape index (κ2) is 6.52. The van der Waals surface area contributed by atoms with Crippen molar-refractivity contribution in [2.24, 2.45) is 11.1 Å². The zero-order valence-corrected chi connectivity index (χ0v) is 12.2. The van der Waals surface area contributed by atoms with Crippen LogP contribution >= 0.6 is 0 Å². The fourth-order valence-electron chi connectivity index (χ4n) is 1.93. The van der Waals surface area contributed by atoms with Gasteiger partial charge in [-0.3, -0.25) is 4.79 Å². The van der Waals surface area contributed by atoms with E-state index in [2.05, 4.69) is 10.3 Å². The van der Waals surface area contributed by atoms with Crippen LogP contribution < -0.4 is 16.0 Å². The summed E-state index contributed by atoms with van der Waals surface area (Å²) in [4.78, 5) is 18.5. The van der Waals surface area contributed by atoms with Crippen LogP contribution in [-0.4, -0.2) is 31.5 Å². The van der Waals surface area contributed by atoms with Gasteiger partial charge in [0.25, 0.3) is 0 Å². The predicted molar refractivity (Wildman–Crippen MR) is 79.3 cm³/mol. The van der Waals surface area contributed by atoms with E-state index in [0.29, 0.717) is 12.4 Å². The Kier molecular flexibility index (Phi) is 5.30. The Balaban J connectivity index is 2.81. The molecule has 19 heavy (non-hydrogen) atoms. The Morgan fingerprint density at radius 1 is 1.37 bits per heavy atom. The molecule has 1 rings (SSSR count). The molecule has 1 aromatic rings. The van der Waals surface area contributed by atoms with Crippen LogP contribution in [0.25, 0.3) is 0 Å². The smallest absolute Gasteiger partial charge is 0.233 e. The average Bonchev–Trinajstić information content (AvgIpc) is 2.42. The number of nitrogens with zero attached hydrogens (tertiary/aromatic N) is 2. The number of hydrogen-bond donors (Lipinski definition) is 2. The summed E-state index contributed by atoms with van der Waals surface area (Å²) in [5.74, 6) is 0.514. The summed E-state index contributed by atoms with van der Waals surface area (Å²) in [7, 11) is 3.89. The SMILES string of the molecule is CCC(CC)(CN)C(=O)Nc1ccc(N(C)C)cn1. The molecule has 0 saturated heterocycles. The van der Waals surface area contributed by atoms with Gasteiger partial charge >= 0.3 is 0 Å². The van der Waals surface area contributed by atoms with Crippen LogP contribution in [0.1, 0.15) is 26.7 Å². The van der Waals surface area contributed by atoms with Gasteiger partial charge in [0, 0.05) is 20.6 Å². The highest BCUT2D eigenvalue weighted by molar-refractivity contribution is 5.94. The molecule has 1 heterocycles. The number of rotatable bonds is 6. The molecule has 0 spiro atoms. The lowest BCUT2D eigenvalue weighted by Crippen LogP contribution is -2.41. The van der Waals surface area contributed by atoms with Crippen LogP contribution in [0.15, 0.2) is 18.3 Å². The number of anilines is 2. The highest BCUT2D eigenvalue weighted by Gasteiger charge is 2.33. The van der Waals surface area contributed by atoms with Crippen LogP contribution in [0.2, 0.25) is 0 Å². The minimum Gasteiger partial charge on any atom is -0.376 e. The lowest BCUT2D eigenvalue weighted by Gasteiger charge is -2.28. The van der Waals surface area contributed by atoms with E-state index in [9.17, 15) is 4.79 Å². The van der Waals surface area contributed by atoms with Crippen molar-refractivity contribution in [1.82, 2.24) is 4.98 Å². The van der Waals surface area contributed by atoms with Gasteiger partial charge in [0.15, 0.2) is 0 Å². The molecule has 106 valence electrons. The number of nitrogens with two attached hydrogens (primary N) is 1. The number of pyridine rings is 1. The molecule has 5 nitrogen and oxygen atoms in total. The Morgan fingerprint density at radius 2 is 2.00 bits per heavy atom. The highest BCUT2D eigenvalue weighted by atomic mass is 16.2. The normalized spacial score (nSPS) is 11.2. The third-order valence-electron chi connectivity index (χ3n) is 3.73. The Hall–Kier alpha value is -1.62. The maximum absolute atomic E-state index is 12.3. The molecule has 0 aliphatic rings. The van der Waals surface area contributed by atoms with Crippen molar-refractivity contribution in [1.29, 1.82) is 0 Å². The van der Waals surface area contributed by atoms with Gasteiger partial charge in [0.1, 0.15) is 5.82 Å². The number of hydrogen-bond acceptors (Lipinski definition) is 4. The van der Waals surface area contributed by atoms with Crippen LogP contribution in [0.4, 0.5) is 11.5 Å². The van der Waals surface area contributed by atoms with Crippen molar-refractivity contribution in [2.45, 2.75) is 26.7 Å². The van der Waals surface area contributed by atoms with E-state index in [-0.39, 0.29) is 5.91 Å². The van der Waals surface area contributed by atoms with Crippen molar-refractivity contribution in [3.8, 4) is 0 Å². The number of carbonyl (C=O) groups excluding carboxylic acids is 1. The highest BCUT2D eigenvalue weighted by Crippen LogP contribution is 2.26. The molecule has 0 aliphatic carbocycles. The average molecular weight is 264 g/mol. The molecule has 0 atom stereocenters. The first-order valence-electron chi connectivity index (χ1n) is 6.64. The number of amides is 1. The molecule has 3 N–H and O–H groups in total. The topological polar surface area (TPSA) is 71.2 Å². The van der Waals surface area contributed by atoms with Gasteiger partial charge in [-0.05, 0) is 25.0 Å². The van der Waals surface area contributed by atoms with Crippen molar-refractivity contribution >= 4 is 17.4 Å². The fraction of sp³-hybridized carbons (Fsp3) is 0.571. The first-order valence-corrected chi connectivity index (χ1v) is 6.64. The van der Waals surface area contributed by atoms with Crippen LogP contribution in [0, 0.1) is 5.41 Å². The molecule has 1 aromatic heterocycles. The van der Waals surface area contributed by atoms with Crippen molar-refractivity contribution in [2.75, 3.05) is 30.9 Å². The number of carbonyl (C=O) groups is 1. The van der Waals surface area contributed by atoms with Gasteiger partial charge in [-0.25, -0.2) is 4.98 Å². The van der Waals surface area contributed by atoms with Crippen molar-refractivity contribution in [3.63, 3.8) is 0 Å². The standard InChI is InChI=1S/C14H24N4O/c1-5-14(6-2,10-15)13(19)17-12-8-7-11(9-16-12)18(3)4/h7-9H,5-6,10,15H2,1-4H3,(H,16,17,19). The molecule has 5 heteroatoms. The number of nitrogens with one attached hydrogen (secondary N) is 1. The van der Waals surface area contributed by atoms with Gasteiger partial charge in [-0.1, -0.05) is 13.8 Å². The molecule has 0 bridgehead atoms. The minimum atomic E-state index is -0.498. The summed E-state index contributed by atoms with van der Waals surface area (Å²) in [6, 6.07) is 3.73. The molecule has 0 radical (unpaired) electrons. The summed E-state index contributed by atoms with van der Waals surface area (Å²) in [5, 5.41) is 2.85. The molecule has 0 unspecified atom stereocenters. The van der Waals surface area contributed by atoms with Crippen LogP contribution in [-0.2, 0) is 4.79 Å². The second-order valence-electron chi connectivity index (χ2n) is 4.94. The molecule has 0 saturated carbocycles. The van der Waals surface area contributed by atoms with Gasteiger partial charge in [0.05, 0.1) is 17.3 Å². The Labute approximate surface area is 115 Å². The van der Waals surface area contributed by atoms with E-state index in [1.807, 2.05) is 38.9 Å². The Morgan fingerprint density at radius 3 is 2.37 bits per heavy atom. The van der Waals surface area contributed by atoms with E-state index in [4.69, 9.17) is 5.73 Å². The van der Waals surface area contributed by atoms with E-state index < -0.39 is 5.41 Å². The second-order valence-corrected chi connectivity index (χ2v) is 4.94. The quantitative estimate of drug-likeness (QED) is 0.822. The lowest BCUT2D eigenvalue weighted by atomic mass is 9.81. The Bertz CT molecular complexity index is 402. The van der Waals surface area contributed by atoms with E-state index in [0.717, 1.165) is 18.5 Å². The zero-order chi connectivity index (χ0) is 14.5. The molecular formula is C14H24N4O. The largest absolute Gasteiger partial charge is 0.376 e. The lowest BCUT2D eigenvalue weighted by molar-refractivity contribution is -0.125. The molecule has 1 amide bonds. The van der Waals surface area contributed by atoms with Gasteiger partial charge in [-0.15, -0.1) is 0 Å². The molecule has 0 aliphatic heterocycles. The maximum atomic E-state index is 12.3. The van der Waals surface area contributed by atoms with Crippen molar-refractivity contribution in [3.05, 3.63) is 18.3 Å². The minimum absolute atomic E-state index is 0.0508. The van der Waals surface area contributed by atoms with Crippen LogP contribution in [0.5, 0.6) is 0 Å². The van der Waals surface area contributed by atoms with E-state index >= 15 is 0 Å². The molecule has 0 fully saturated rings. The monoisotopic (exact) mass is 264 g/mol. The maximum Gasteiger partial charge on any atom is 0.233 e.